The average molecular weight is 336 g/mol. The van der Waals surface area contributed by atoms with E-state index in [1.807, 2.05) is 9.80 Å². The van der Waals surface area contributed by atoms with Crippen molar-refractivity contribution in [1.82, 2.24) is 15.2 Å². The normalized spacial score (nSPS) is 24.7. The van der Waals surface area contributed by atoms with Crippen LogP contribution in [0.15, 0.2) is 18.3 Å². The molecule has 1 aromatic rings. The van der Waals surface area contributed by atoms with E-state index in [2.05, 4.69) is 10.3 Å². The van der Waals surface area contributed by atoms with E-state index in [1.54, 1.807) is 6.07 Å². The lowest BCUT2D eigenvalue weighted by atomic mass is 9.93. The Hall–Kier alpha value is -2.22. The van der Waals surface area contributed by atoms with Crippen molar-refractivity contribution >= 4 is 17.7 Å². The maximum atomic E-state index is 12.9. The molecule has 1 amide bonds. The molecular formula is C16H21FN4O3. The van der Waals surface area contributed by atoms with Gasteiger partial charge in [-0.05, 0) is 25.0 Å². The number of hydrogen-bond acceptors (Lipinski definition) is 5. The molecule has 2 aliphatic heterocycles. The van der Waals surface area contributed by atoms with Crippen molar-refractivity contribution in [3.8, 4) is 0 Å². The fourth-order valence-electron chi connectivity index (χ4n) is 3.25. The summed E-state index contributed by atoms with van der Waals surface area (Å²) in [5.41, 5.74) is 0. The number of piperidine rings is 1. The Balaban J connectivity index is 1.50. The van der Waals surface area contributed by atoms with Gasteiger partial charge >= 0.3 is 5.97 Å². The van der Waals surface area contributed by atoms with E-state index in [0.717, 1.165) is 0 Å². The van der Waals surface area contributed by atoms with Gasteiger partial charge in [0.25, 0.3) is 0 Å². The topological polar surface area (TPSA) is 85.8 Å². The first-order chi connectivity index (χ1) is 11.5. The summed E-state index contributed by atoms with van der Waals surface area (Å²) in [5, 5.41) is 11.9. The van der Waals surface area contributed by atoms with Crippen LogP contribution in [0.1, 0.15) is 12.8 Å². The molecule has 0 saturated carbocycles. The predicted molar refractivity (Wildman–Crippen MR) is 85.1 cm³/mol. The van der Waals surface area contributed by atoms with E-state index in [0.29, 0.717) is 51.4 Å². The van der Waals surface area contributed by atoms with Crippen molar-refractivity contribution < 1.29 is 19.1 Å². The third-order valence-electron chi connectivity index (χ3n) is 4.69. The maximum Gasteiger partial charge on any atom is 0.320 e. The van der Waals surface area contributed by atoms with Crippen LogP contribution in [0, 0.1) is 11.7 Å². The van der Waals surface area contributed by atoms with Crippen LogP contribution in [0.5, 0.6) is 0 Å². The molecule has 7 nitrogen and oxygen atoms in total. The minimum atomic E-state index is -0.860. The van der Waals surface area contributed by atoms with Gasteiger partial charge in [0.1, 0.15) is 17.7 Å². The van der Waals surface area contributed by atoms with E-state index in [9.17, 15) is 14.0 Å². The van der Waals surface area contributed by atoms with Crippen molar-refractivity contribution in [2.24, 2.45) is 5.92 Å². The molecule has 130 valence electrons. The number of anilines is 1. The zero-order chi connectivity index (χ0) is 17.1. The van der Waals surface area contributed by atoms with Gasteiger partial charge in [0.05, 0.1) is 12.1 Å². The van der Waals surface area contributed by atoms with Crippen molar-refractivity contribution in [2.75, 3.05) is 37.6 Å². The molecule has 8 heteroatoms. The van der Waals surface area contributed by atoms with Gasteiger partial charge in [-0.25, -0.2) is 9.37 Å². The molecule has 3 rings (SSSR count). The fourth-order valence-corrected chi connectivity index (χ4v) is 3.25. The monoisotopic (exact) mass is 336 g/mol. The maximum absolute atomic E-state index is 12.9. The van der Waals surface area contributed by atoms with Crippen LogP contribution < -0.4 is 10.2 Å². The number of hydrogen-bond donors (Lipinski definition) is 2. The molecular weight excluding hydrogens is 315 g/mol. The number of carbonyl (C=O) groups is 2. The van der Waals surface area contributed by atoms with Crippen molar-refractivity contribution in [1.29, 1.82) is 0 Å². The van der Waals surface area contributed by atoms with E-state index >= 15 is 0 Å². The Bertz CT molecular complexity index is 594. The predicted octanol–water partition coefficient (Wildman–Crippen LogP) is 0.322. The highest BCUT2D eigenvalue weighted by molar-refractivity contribution is 5.80. The summed E-state index contributed by atoms with van der Waals surface area (Å²) < 4.78 is 12.9. The van der Waals surface area contributed by atoms with Crippen LogP contribution >= 0.6 is 0 Å². The fraction of sp³-hybridized carbons (Fsp3) is 0.562. The number of piperazine rings is 1. The molecule has 2 fully saturated rings. The second-order valence-corrected chi connectivity index (χ2v) is 6.22. The number of carboxylic acids is 1. The molecule has 24 heavy (non-hydrogen) atoms. The number of pyridine rings is 1. The summed E-state index contributed by atoms with van der Waals surface area (Å²) in [7, 11) is 0. The van der Waals surface area contributed by atoms with E-state index in [1.165, 1.54) is 12.3 Å². The molecule has 0 bridgehead atoms. The zero-order valence-electron chi connectivity index (χ0n) is 13.3. The minimum absolute atomic E-state index is 0.0815. The number of nitrogens with one attached hydrogen (secondary N) is 1. The van der Waals surface area contributed by atoms with Gasteiger partial charge in [-0.2, -0.15) is 0 Å². The Morgan fingerprint density at radius 3 is 2.50 bits per heavy atom. The molecule has 0 aromatic carbocycles. The third-order valence-corrected chi connectivity index (χ3v) is 4.69. The number of rotatable bonds is 3. The van der Waals surface area contributed by atoms with E-state index in [4.69, 9.17) is 5.11 Å². The van der Waals surface area contributed by atoms with Gasteiger partial charge in [-0.1, -0.05) is 0 Å². The van der Waals surface area contributed by atoms with E-state index in [-0.39, 0.29) is 17.6 Å². The largest absolute Gasteiger partial charge is 0.480 e. The molecule has 0 radical (unpaired) electrons. The standard InChI is InChI=1S/C16H21FN4O3/c17-12-2-4-14(19-10-12)20-5-7-21(8-6-20)15(22)11-1-3-13(16(23)24)18-9-11/h2,4,10-11,13,18H,1,3,5-9H2,(H,23,24). The van der Waals surface area contributed by atoms with Gasteiger partial charge in [0.15, 0.2) is 0 Å². The van der Waals surface area contributed by atoms with Crippen LogP contribution in [0.4, 0.5) is 10.2 Å². The SMILES string of the molecule is O=C(O)C1CCC(C(=O)N2CCN(c3ccc(F)cn3)CC2)CN1. The Morgan fingerprint density at radius 1 is 1.21 bits per heavy atom. The van der Waals surface area contributed by atoms with Crippen molar-refractivity contribution in [3.63, 3.8) is 0 Å². The van der Waals surface area contributed by atoms with Crippen LogP contribution in [0.2, 0.25) is 0 Å². The molecule has 0 spiro atoms. The highest BCUT2D eigenvalue weighted by atomic mass is 19.1. The highest BCUT2D eigenvalue weighted by Gasteiger charge is 2.32. The van der Waals surface area contributed by atoms with Crippen molar-refractivity contribution in [3.05, 3.63) is 24.1 Å². The Morgan fingerprint density at radius 2 is 1.96 bits per heavy atom. The number of nitrogens with zero attached hydrogens (tertiary/aromatic N) is 3. The summed E-state index contributed by atoms with van der Waals surface area (Å²) in [6.45, 7) is 2.91. The summed E-state index contributed by atoms with van der Waals surface area (Å²) in [5.74, 6) is -0.584. The van der Waals surface area contributed by atoms with Crippen molar-refractivity contribution in [2.45, 2.75) is 18.9 Å². The number of aromatic nitrogens is 1. The molecule has 2 aliphatic rings. The minimum Gasteiger partial charge on any atom is -0.480 e. The van der Waals surface area contributed by atoms with Gasteiger partial charge in [0, 0.05) is 32.7 Å². The number of carbonyl (C=O) groups excluding carboxylic acids is 1. The van der Waals surface area contributed by atoms with E-state index < -0.39 is 12.0 Å². The summed E-state index contributed by atoms with van der Waals surface area (Å²) in [6.07, 6.45) is 2.27. The first kappa shape index (κ1) is 16.6. The Labute approximate surface area is 139 Å². The van der Waals surface area contributed by atoms with Gasteiger partial charge in [-0.3, -0.25) is 9.59 Å². The number of amides is 1. The lowest BCUT2D eigenvalue weighted by Gasteiger charge is -2.38. The number of carboxylic acid groups (broad SMARTS) is 1. The zero-order valence-corrected chi connectivity index (χ0v) is 13.3. The smallest absolute Gasteiger partial charge is 0.320 e. The van der Waals surface area contributed by atoms with Crippen LogP contribution in [-0.2, 0) is 9.59 Å². The van der Waals surface area contributed by atoms with Crippen LogP contribution in [0.3, 0.4) is 0 Å². The summed E-state index contributed by atoms with van der Waals surface area (Å²) >= 11 is 0. The highest BCUT2D eigenvalue weighted by Crippen LogP contribution is 2.19. The second kappa shape index (κ2) is 7.12. The molecule has 2 atom stereocenters. The molecule has 2 saturated heterocycles. The first-order valence-electron chi connectivity index (χ1n) is 8.16. The number of aliphatic carboxylic acids is 1. The Kier molecular flexibility index (Phi) is 4.94. The number of halogens is 1. The second-order valence-electron chi connectivity index (χ2n) is 6.22. The average Bonchev–Trinajstić information content (AvgIpc) is 2.62. The molecule has 0 aliphatic carbocycles. The molecule has 3 heterocycles. The quantitative estimate of drug-likeness (QED) is 0.827. The third kappa shape index (κ3) is 3.64. The van der Waals surface area contributed by atoms with Gasteiger partial charge < -0.3 is 20.2 Å². The van der Waals surface area contributed by atoms with Gasteiger partial charge in [-0.15, -0.1) is 0 Å². The lowest BCUT2D eigenvalue weighted by molar-refractivity contribution is -0.143. The lowest BCUT2D eigenvalue weighted by Crippen LogP contribution is -2.54. The molecule has 1 aromatic heterocycles. The molecule has 2 unspecified atom stereocenters. The first-order valence-corrected chi connectivity index (χ1v) is 8.16. The summed E-state index contributed by atoms with van der Waals surface area (Å²) in [4.78, 5) is 31.4. The van der Waals surface area contributed by atoms with Crippen LogP contribution in [0.25, 0.3) is 0 Å². The van der Waals surface area contributed by atoms with Crippen LogP contribution in [-0.4, -0.2) is 65.6 Å². The molecule has 2 N–H and O–H groups in total. The van der Waals surface area contributed by atoms with Gasteiger partial charge in [0.2, 0.25) is 5.91 Å². The summed E-state index contributed by atoms with van der Waals surface area (Å²) in [6, 6.07) is 2.48.